The Morgan fingerprint density at radius 2 is 1.57 bits per heavy atom. The molecule has 0 spiro atoms. The monoisotopic (exact) mass is 416 g/mol. The maximum absolute atomic E-state index is 12.6. The van der Waals surface area contributed by atoms with Crippen LogP contribution in [-0.2, 0) is 11.0 Å². The van der Waals surface area contributed by atoms with E-state index in [1.54, 1.807) is 29.2 Å². The van der Waals surface area contributed by atoms with Gasteiger partial charge in [0.2, 0.25) is 5.91 Å². The molecule has 6 nitrogen and oxygen atoms in total. The van der Waals surface area contributed by atoms with E-state index >= 15 is 0 Å². The zero-order valence-electron chi connectivity index (χ0n) is 15.9. The molecule has 2 amide bonds. The number of rotatable bonds is 4. The first-order valence-corrected chi connectivity index (χ1v) is 9.25. The molecule has 156 valence electrons. The summed E-state index contributed by atoms with van der Waals surface area (Å²) in [4.78, 5) is 28.2. The van der Waals surface area contributed by atoms with Gasteiger partial charge in [-0.05, 0) is 48.5 Å². The van der Waals surface area contributed by atoms with Crippen molar-refractivity contribution in [3.8, 4) is 6.07 Å². The molecule has 1 N–H and O–H groups in total. The van der Waals surface area contributed by atoms with Crippen molar-refractivity contribution in [2.24, 2.45) is 0 Å². The number of alkyl halides is 3. The summed E-state index contributed by atoms with van der Waals surface area (Å²) >= 11 is 0. The summed E-state index contributed by atoms with van der Waals surface area (Å²) in [5.74, 6) is -0.535. The lowest BCUT2D eigenvalue weighted by molar-refractivity contribution is -0.137. The molecule has 2 aromatic rings. The van der Waals surface area contributed by atoms with E-state index in [1.807, 2.05) is 11.0 Å². The molecule has 9 heteroatoms. The molecule has 0 radical (unpaired) electrons. The molecule has 1 aliphatic rings. The second kappa shape index (κ2) is 8.97. The highest BCUT2D eigenvalue weighted by Crippen LogP contribution is 2.29. The van der Waals surface area contributed by atoms with Crippen LogP contribution in [0.1, 0.15) is 21.5 Å². The number of carbonyl (C=O) groups excluding carboxylic acids is 2. The van der Waals surface area contributed by atoms with E-state index in [-0.39, 0.29) is 23.9 Å². The van der Waals surface area contributed by atoms with Crippen molar-refractivity contribution in [3.05, 3.63) is 65.2 Å². The van der Waals surface area contributed by atoms with Crippen molar-refractivity contribution >= 4 is 17.5 Å². The van der Waals surface area contributed by atoms with Gasteiger partial charge in [-0.3, -0.25) is 14.5 Å². The molecule has 30 heavy (non-hydrogen) atoms. The minimum atomic E-state index is -4.44. The number of nitrogens with zero attached hydrogens (tertiary/aromatic N) is 3. The summed E-state index contributed by atoms with van der Waals surface area (Å²) in [7, 11) is 0. The Kier molecular flexibility index (Phi) is 6.37. The van der Waals surface area contributed by atoms with Gasteiger partial charge >= 0.3 is 6.18 Å². The minimum absolute atomic E-state index is 0.155. The van der Waals surface area contributed by atoms with Gasteiger partial charge in [0.1, 0.15) is 0 Å². The molecule has 0 atom stereocenters. The zero-order chi connectivity index (χ0) is 21.7. The summed E-state index contributed by atoms with van der Waals surface area (Å²) in [5.41, 5.74) is 0.504. The largest absolute Gasteiger partial charge is 0.416 e. The highest BCUT2D eigenvalue weighted by molar-refractivity contribution is 5.94. The number of hydrogen-bond acceptors (Lipinski definition) is 4. The van der Waals surface area contributed by atoms with E-state index in [0.717, 1.165) is 12.1 Å². The maximum Gasteiger partial charge on any atom is 0.416 e. The number of carbonyl (C=O) groups is 2. The van der Waals surface area contributed by atoms with Gasteiger partial charge in [0.15, 0.2) is 0 Å². The molecule has 1 fully saturated rings. The second-order valence-electron chi connectivity index (χ2n) is 6.88. The molecular formula is C21H19F3N4O2. The quantitative estimate of drug-likeness (QED) is 0.832. The van der Waals surface area contributed by atoms with Crippen LogP contribution < -0.4 is 5.32 Å². The highest BCUT2D eigenvalue weighted by Gasteiger charge is 2.30. The van der Waals surface area contributed by atoms with Crippen LogP contribution in [0, 0.1) is 11.3 Å². The van der Waals surface area contributed by atoms with Crippen LogP contribution in [0.4, 0.5) is 18.9 Å². The lowest BCUT2D eigenvalue weighted by Crippen LogP contribution is -2.50. The lowest BCUT2D eigenvalue weighted by atomic mass is 10.1. The van der Waals surface area contributed by atoms with Gasteiger partial charge < -0.3 is 10.2 Å². The molecule has 1 saturated heterocycles. The summed E-state index contributed by atoms with van der Waals surface area (Å²) < 4.78 is 37.9. The standard InChI is InChI=1S/C21H19F3N4O2/c22-21(23,24)17-5-3-16(4-6-17)20(30)28-11-9-27(10-12-28)14-19(29)26-18-7-1-15(13-25)2-8-18/h1-8H,9-12,14H2,(H,26,29). The zero-order valence-corrected chi connectivity index (χ0v) is 15.9. The number of nitrogens with one attached hydrogen (secondary N) is 1. The van der Waals surface area contributed by atoms with Gasteiger partial charge in [-0.2, -0.15) is 18.4 Å². The highest BCUT2D eigenvalue weighted by atomic mass is 19.4. The lowest BCUT2D eigenvalue weighted by Gasteiger charge is -2.34. The van der Waals surface area contributed by atoms with Gasteiger partial charge in [0.25, 0.3) is 5.91 Å². The Hall–Kier alpha value is -3.38. The summed E-state index contributed by atoms with van der Waals surface area (Å²) in [6.45, 7) is 1.87. The predicted octanol–water partition coefficient (Wildman–Crippen LogP) is 2.97. The third kappa shape index (κ3) is 5.36. The number of amides is 2. The Balaban J connectivity index is 1.48. The van der Waals surface area contributed by atoms with Gasteiger partial charge in [-0.15, -0.1) is 0 Å². The Morgan fingerprint density at radius 3 is 2.10 bits per heavy atom. The van der Waals surface area contributed by atoms with Gasteiger partial charge in [-0.25, -0.2) is 0 Å². The fourth-order valence-electron chi connectivity index (χ4n) is 3.13. The van der Waals surface area contributed by atoms with Crippen molar-refractivity contribution < 1.29 is 22.8 Å². The van der Waals surface area contributed by atoms with Gasteiger partial charge in [0, 0.05) is 37.4 Å². The smallest absolute Gasteiger partial charge is 0.336 e. The fourth-order valence-corrected chi connectivity index (χ4v) is 3.13. The second-order valence-corrected chi connectivity index (χ2v) is 6.88. The van der Waals surface area contributed by atoms with Crippen molar-refractivity contribution in [2.45, 2.75) is 6.18 Å². The van der Waals surface area contributed by atoms with Crippen LogP contribution in [0.25, 0.3) is 0 Å². The van der Waals surface area contributed by atoms with E-state index in [9.17, 15) is 22.8 Å². The minimum Gasteiger partial charge on any atom is -0.336 e. The molecule has 0 unspecified atom stereocenters. The van der Waals surface area contributed by atoms with Crippen molar-refractivity contribution in [1.82, 2.24) is 9.80 Å². The van der Waals surface area contributed by atoms with Gasteiger partial charge in [-0.1, -0.05) is 0 Å². The number of anilines is 1. The average molecular weight is 416 g/mol. The first-order chi connectivity index (χ1) is 14.3. The number of hydrogen-bond donors (Lipinski definition) is 1. The molecule has 1 heterocycles. The first-order valence-electron chi connectivity index (χ1n) is 9.25. The SMILES string of the molecule is N#Cc1ccc(NC(=O)CN2CCN(C(=O)c3ccc(C(F)(F)F)cc3)CC2)cc1. The first kappa shape index (κ1) is 21.3. The normalized spacial score (nSPS) is 14.8. The molecule has 3 rings (SSSR count). The Morgan fingerprint density at radius 1 is 0.967 bits per heavy atom. The van der Waals surface area contributed by atoms with Crippen molar-refractivity contribution in [2.75, 3.05) is 38.0 Å². The van der Waals surface area contributed by atoms with Crippen LogP contribution in [0.2, 0.25) is 0 Å². The van der Waals surface area contributed by atoms with E-state index < -0.39 is 11.7 Å². The third-order valence-corrected chi connectivity index (χ3v) is 4.78. The van der Waals surface area contributed by atoms with E-state index in [0.29, 0.717) is 37.4 Å². The van der Waals surface area contributed by atoms with E-state index in [4.69, 9.17) is 5.26 Å². The third-order valence-electron chi connectivity index (χ3n) is 4.78. The molecular weight excluding hydrogens is 397 g/mol. The van der Waals surface area contributed by atoms with Gasteiger partial charge in [0.05, 0.1) is 23.7 Å². The van der Waals surface area contributed by atoms with Crippen molar-refractivity contribution in [1.29, 1.82) is 5.26 Å². The predicted molar refractivity (Wildman–Crippen MR) is 104 cm³/mol. The number of nitriles is 1. The topological polar surface area (TPSA) is 76.4 Å². The average Bonchev–Trinajstić information content (AvgIpc) is 2.74. The van der Waals surface area contributed by atoms with Crippen LogP contribution in [0.15, 0.2) is 48.5 Å². The molecule has 0 bridgehead atoms. The molecule has 0 saturated carbocycles. The van der Waals surface area contributed by atoms with Crippen LogP contribution in [0.3, 0.4) is 0 Å². The Labute approximate surface area is 171 Å². The van der Waals surface area contributed by atoms with E-state index in [1.165, 1.54) is 12.1 Å². The summed E-state index contributed by atoms with van der Waals surface area (Å²) in [6, 6.07) is 12.7. The maximum atomic E-state index is 12.6. The summed E-state index contributed by atoms with van der Waals surface area (Å²) in [5, 5.41) is 11.5. The van der Waals surface area contributed by atoms with E-state index in [2.05, 4.69) is 5.32 Å². The molecule has 0 aromatic heterocycles. The molecule has 2 aromatic carbocycles. The number of piperazine rings is 1. The van der Waals surface area contributed by atoms with Crippen LogP contribution in [-0.4, -0.2) is 54.3 Å². The Bertz CT molecular complexity index is 942. The molecule has 1 aliphatic heterocycles. The fraction of sp³-hybridized carbons (Fsp3) is 0.286. The number of halogens is 3. The molecule has 0 aliphatic carbocycles. The van der Waals surface area contributed by atoms with Crippen molar-refractivity contribution in [3.63, 3.8) is 0 Å². The number of benzene rings is 2. The summed E-state index contributed by atoms with van der Waals surface area (Å²) in [6.07, 6.45) is -4.44. The van der Waals surface area contributed by atoms with Crippen LogP contribution >= 0.6 is 0 Å². The van der Waals surface area contributed by atoms with Crippen LogP contribution in [0.5, 0.6) is 0 Å².